The lowest BCUT2D eigenvalue weighted by Crippen LogP contribution is -2.34. The van der Waals surface area contributed by atoms with Crippen LogP contribution in [0.25, 0.3) is 10.9 Å². The Balaban J connectivity index is 1.75. The van der Waals surface area contributed by atoms with E-state index in [4.69, 9.17) is 23.9 Å². The molecule has 2 unspecified atom stereocenters. The zero-order chi connectivity index (χ0) is 33.7. The summed E-state index contributed by atoms with van der Waals surface area (Å²) in [4.78, 5) is 44.7. The smallest absolute Gasteiger partial charge is 0.341 e. The van der Waals surface area contributed by atoms with Gasteiger partial charge in [-0.1, -0.05) is 31.4 Å². The first-order valence-corrected chi connectivity index (χ1v) is 15.6. The number of aryl methyl sites for hydroxylation is 1. The highest BCUT2D eigenvalue weighted by atomic mass is 16.6. The van der Waals surface area contributed by atoms with Gasteiger partial charge in [0, 0.05) is 77.5 Å². The molecule has 2 aromatic carbocycles. The number of carbonyl (C=O) groups excluding carboxylic acids is 3. The molecule has 0 bridgehead atoms. The van der Waals surface area contributed by atoms with Crippen LogP contribution in [0.4, 0.5) is 5.69 Å². The second-order valence-electron chi connectivity index (χ2n) is 11.0. The van der Waals surface area contributed by atoms with Gasteiger partial charge in [-0.2, -0.15) is 0 Å². The number of benzene rings is 2. The Morgan fingerprint density at radius 2 is 1.77 bits per heavy atom. The third kappa shape index (κ3) is 5.98. The van der Waals surface area contributed by atoms with E-state index in [1.165, 1.54) is 0 Å². The van der Waals surface area contributed by atoms with Crippen LogP contribution in [-0.2, 0) is 35.9 Å². The van der Waals surface area contributed by atoms with Gasteiger partial charge in [0.05, 0.1) is 5.56 Å². The average molecular weight is 638 g/mol. The first-order valence-electron chi connectivity index (χ1n) is 15.6. The van der Waals surface area contributed by atoms with Crippen LogP contribution in [0, 0.1) is 6.92 Å². The standard InChI is InChI=1S/C37H39N3O7/c1-7-32(41)45-23-26(46-33(42)8-2)22-44-31-21-25(39(9-3)10-4)18-19-29(31)37(35-28(36(43)47-37)16-14-20-38-35)34-24(6)40(11-5)30-17-13-12-15-27(30)34/h7-8,12-21,26H,1-2,9-11,22-23H2,3-6H3. The molecular weight excluding hydrogens is 598 g/mol. The van der Waals surface area contributed by atoms with Crippen LogP contribution in [0.5, 0.6) is 5.75 Å². The van der Waals surface area contributed by atoms with Crippen molar-refractivity contribution >= 4 is 34.5 Å². The van der Waals surface area contributed by atoms with Gasteiger partial charge in [-0.05, 0) is 58.0 Å². The van der Waals surface area contributed by atoms with E-state index >= 15 is 0 Å². The highest BCUT2D eigenvalue weighted by molar-refractivity contribution is 5.98. The maximum Gasteiger partial charge on any atom is 0.341 e. The summed E-state index contributed by atoms with van der Waals surface area (Å²) in [6.07, 6.45) is 2.71. The number of hydrogen-bond acceptors (Lipinski definition) is 9. The normalized spacial score (nSPS) is 15.8. The van der Waals surface area contributed by atoms with E-state index in [-0.39, 0.29) is 13.2 Å². The molecular formula is C37H39N3O7. The number of esters is 3. The van der Waals surface area contributed by atoms with Crippen molar-refractivity contribution < 1.29 is 33.3 Å². The van der Waals surface area contributed by atoms with Crippen LogP contribution in [-0.4, -0.2) is 59.9 Å². The highest BCUT2D eigenvalue weighted by Crippen LogP contribution is 2.53. The van der Waals surface area contributed by atoms with Crippen molar-refractivity contribution in [2.24, 2.45) is 0 Å². The van der Waals surface area contributed by atoms with Gasteiger partial charge in [-0.3, -0.25) is 4.98 Å². The Labute approximate surface area is 274 Å². The lowest BCUT2D eigenvalue weighted by Gasteiger charge is -2.32. The fourth-order valence-corrected chi connectivity index (χ4v) is 6.31. The maximum absolute atomic E-state index is 13.7. The number of para-hydroxylation sites is 1. The van der Waals surface area contributed by atoms with Crippen LogP contribution in [0.1, 0.15) is 53.6 Å². The van der Waals surface area contributed by atoms with Gasteiger partial charge >= 0.3 is 17.9 Å². The van der Waals surface area contributed by atoms with E-state index in [2.05, 4.69) is 43.4 Å². The molecule has 2 atom stereocenters. The number of ether oxygens (including phenoxy) is 4. The molecule has 5 rings (SSSR count). The summed E-state index contributed by atoms with van der Waals surface area (Å²) in [5.74, 6) is -1.50. The maximum atomic E-state index is 13.7. The lowest BCUT2D eigenvalue weighted by molar-refractivity contribution is -0.154. The Hall–Kier alpha value is -5.38. The van der Waals surface area contributed by atoms with Gasteiger partial charge < -0.3 is 28.4 Å². The molecule has 0 saturated carbocycles. The molecule has 0 aliphatic carbocycles. The number of rotatable bonds is 14. The minimum Gasteiger partial charge on any atom is -0.489 e. The summed E-state index contributed by atoms with van der Waals surface area (Å²) in [7, 11) is 0. The summed E-state index contributed by atoms with van der Waals surface area (Å²) >= 11 is 0. The summed E-state index contributed by atoms with van der Waals surface area (Å²) in [5, 5.41) is 0.908. The number of aromatic nitrogens is 2. The van der Waals surface area contributed by atoms with Gasteiger partial charge in [-0.15, -0.1) is 0 Å². The Morgan fingerprint density at radius 3 is 2.47 bits per heavy atom. The lowest BCUT2D eigenvalue weighted by atomic mass is 9.80. The van der Waals surface area contributed by atoms with Crippen molar-refractivity contribution in [3.05, 3.63) is 114 Å². The van der Waals surface area contributed by atoms with Gasteiger partial charge in [0.15, 0.2) is 6.10 Å². The van der Waals surface area contributed by atoms with E-state index in [0.717, 1.165) is 53.1 Å². The number of nitrogens with zero attached hydrogens (tertiary/aromatic N) is 3. The molecule has 0 spiro atoms. The predicted octanol–water partition coefficient (Wildman–Crippen LogP) is 5.88. The van der Waals surface area contributed by atoms with Gasteiger partial charge in [0.1, 0.15) is 24.7 Å². The van der Waals surface area contributed by atoms with Crippen LogP contribution >= 0.6 is 0 Å². The van der Waals surface area contributed by atoms with Crippen LogP contribution < -0.4 is 9.64 Å². The molecule has 0 radical (unpaired) electrons. The quantitative estimate of drug-likeness (QED) is 0.0952. The van der Waals surface area contributed by atoms with Crippen molar-refractivity contribution in [1.82, 2.24) is 9.55 Å². The third-order valence-electron chi connectivity index (χ3n) is 8.43. The number of cyclic esters (lactones) is 1. The topological polar surface area (TPSA) is 109 Å². The fraction of sp³-hybridized carbons (Fsp3) is 0.297. The minimum absolute atomic E-state index is 0.187. The molecule has 0 saturated heterocycles. The zero-order valence-electron chi connectivity index (χ0n) is 27.2. The van der Waals surface area contributed by atoms with E-state index < -0.39 is 29.6 Å². The molecule has 3 heterocycles. The summed E-state index contributed by atoms with van der Waals surface area (Å²) in [6.45, 7) is 16.8. The van der Waals surface area contributed by atoms with E-state index in [1.807, 2.05) is 49.4 Å². The Kier molecular flexibility index (Phi) is 9.79. The fourth-order valence-electron chi connectivity index (χ4n) is 6.31. The van der Waals surface area contributed by atoms with E-state index in [1.54, 1.807) is 18.3 Å². The second kappa shape index (κ2) is 13.9. The first kappa shape index (κ1) is 33.0. The number of pyridine rings is 1. The summed E-state index contributed by atoms with van der Waals surface area (Å²) in [5.41, 5.74) is 3.40. The molecule has 244 valence electrons. The van der Waals surface area contributed by atoms with Gasteiger partial charge in [-0.25, -0.2) is 14.4 Å². The van der Waals surface area contributed by atoms with Crippen LogP contribution in [0.2, 0.25) is 0 Å². The van der Waals surface area contributed by atoms with Crippen molar-refractivity contribution in [2.45, 2.75) is 45.9 Å². The average Bonchev–Trinajstić information content (AvgIpc) is 3.56. The summed E-state index contributed by atoms with van der Waals surface area (Å²) < 4.78 is 25.9. The van der Waals surface area contributed by atoms with Crippen LogP contribution in [0.15, 0.2) is 86.1 Å². The molecule has 0 amide bonds. The monoisotopic (exact) mass is 637 g/mol. The number of hydrogen-bond donors (Lipinski definition) is 0. The van der Waals surface area contributed by atoms with E-state index in [9.17, 15) is 14.4 Å². The number of anilines is 1. The molecule has 47 heavy (non-hydrogen) atoms. The number of fused-ring (bicyclic) bond motifs is 2. The molecule has 1 aliphatic heterocycles. The highest BCUT2D eigenvalue weighted by Gasteiger charge is 2.54. The van der Waals surface area contributed by atoms with Crippen molar-refractivity contribution in [3.63, 3.8) is 0 Å². The molecule has 10 nitrogen and oxygen atoms in total. The molecule has 4 aromatic rings. The predicted molar refractivity (Wildman–Crippen MR) is 179 cm³/mol. The van der Waals surface area contributed by atoms with Crippen LogP contribution in [0.3, 0.4) is 0 Å². The van der Waals surface area contributed by atoms with Crippen molar-refractivity contribution in [3.8, 4) is 5.75 Å². The van der Waals surface area contributed by atoms with Crippen molar-refractivity contribution in [2.75, 3.05) is 31.2 Å². The van der Waals surface area contributed by atoms with Gasteiger partial charge in [0.25, 0.3) is 0 Å². The summed E-state index contributed by atoms with van der Waals surface area (Å²) in [6, 6.07) is 17.2. The zero-order valence-corrected chi connectivity index (χ0v) is 27.2. The first-order chi connectivity index (χ1) is 22.7. The third-order valence-corrected chi connectivity index (χ3v) is 8.43. The minimum atomic E-state index is -1.49. The Morgan fingerprint density at radius 1 is 1.02 bits per heavy atom. The Bertz CT molecular complexity index is 1840. The largest absolute Gasteiger partial charge is 0.489 e. The second-order valence-corrected chi connectivity index (χ2v) is 11.0. The van der Waals surface area contributed by atoms with E-state index in [0.29, 0.717) is 29.1 Å². The molecule has 10 heteroatoms. The SMILES string of the molecule is C=CC(=O)OCC(COc1cc(N(CC)CC)ccc1C1(c2c(C)n(CC)c3ccccc23)OC(=O)c2cccnc21)OC(=O)C=C. The molecule has 2 aromatic heterocycles. The molecule has 0 N–H and O–H groups in total. The molecule has 1 aliphatic rings. The van der Waals surface area contributed by atoms with Gasteiger partial charge in [0.2, 0.25) is 5.60 Å². The van der Waals surface area contributed by atoms with Crippen molar-refractivity contribution in [1.29, 1.82) is 0 Å². The number of carbonyl (C=O) groups is 3. The molecule has 0 fully saturated rings.